The van der Waals surface area contributed by atoms with Crippen LogP contribution in [0.3, 0.4) is 0 Å². The van der Waals surface area contributed by atoms with Gasteiger partial charge in [0.15, 0.2) is 0 Å². The topological polar surface area (TPSA) is 78.9 Å². The summed E-state index contributed by atoms with van der Waals surface area (Å²) < 4.78 is 0. The van der Waals surface area contributed by atoms with Gasteiger partial charge < -0.3 is 11.1 Å². The summed E-state index contributed by atoms with van der Waals surface area (Å²) in [6, 6.07) is 7.69. The molecule has 0 unspecified atom stereocenters. The maximum Gasteiger partial charge on any atom is 0.217 e. The van der Waals surface area contributed by atoms with E-state index in [1.165, 1.54) is 0 Å². The average molecular weight is 217 g/mol. The zero-order valence-corrected chi connectivity index (χ0v) is 9.29. The number of aryl methyl sites for hydroxylation is 1. The van der Waals surface area contributed by atoms with Crippen molar-refractivity contribution in [2.24, 2.45) is 5.73 Å². The molecule has 1 aromatic rings. The highest BCUT2D eigenvalue weighted by Gasteiger charge is 2.04. The molecule has 4 heteroatoms. The zero-order chi connectivity index (χ0) is 12.0. The van der Waals surface area contributed by atoms with Crippen LogP contribution in [0.25, 0.3) is 0 Å². The van der Waals surface area contributed by atoms with Crippen LogP contribution in [0, 0.1) is 18.3 Å². The fourth-order valence-electron chi connectivity index (χ4n) is 1.47. The highest BCUT2D eigenvalue weighted by Crippen LogP contribution is 2.19. The first kappa shape index (κ1) is 12.1. The Labute approximate surface area is 95.1 Å². The van der Waals surface area contributed by atoms with E-state index in [1.54, 1.807) is 6.07 Å². The SMILES string of the molecule is Cc1cccc(C#N)c1NCCCC(N)=O. The van der Waals surface area contributed by atoms with Gasteiger partial charge in [0.25, 0.3) is 0 Å². The molecule has 3 N–H and O–H groups in total. The van der Waals surface area contributed by atoms with Crippen molar-refractivity contribution < 1.29 is 4.79 Å². The van der Waals surface area contributed by atoms with E-state index in [4.69, 9.17) is 11.0 Å². The van der Waals surface area contributed by atoms with Gasteiger partial charge in [-0.2, -0.15) is 5.26 Å². The zero-order valence-electron chi connectivity index (χ0n) is 9.29. The highest BCUT2D eigenvalue weighted by atomic mass is 16.1. The number of rotatable bonds is 5. The Kier molecular flexibility index (Phi) is 4.34. The number of nitrogens with zero attached hydrogens (tertiary/aromatic N) is 1. The van der Waals surface area contributed by atoms with E-state index in [9.17, 15) is 4.79 Å². The second-order valence-corrected chi connectivity index (χ2v) is 3.61. The number of para-hydroxylation sites is 1. The molecule has 0 aliphatic rings. The lowest BCUT2D eigenvalue weighted by molar-refractivity contribution is -0.118. The van der Waals surface area contributed by atoms with Crippen LogP contribution in [0.4, 0.5) is 5.69 Å². The van der Waals surface area contributed by atoms with Crippen LogP contribution in [0.1, 0.15) is 24.0 Å². The maximum absolute atomic E-state index is 10.5. The number of anilines is 1. The van der Waals surface area contributed by atoms with Crippen LogP contribution in [0.5, 0.6) is 0 Å². The van der Waals surface area contributed by atoms with Gasteiger partial charge in [0.1, 0.15) is 6.07 Å². The first-order valence-corrected chi connectivity index (χ1v) is 5.17. The smallest absolute Gasteiger partial charge is 0.217 e. The fraction of sp³-hybridized carbons (Fsp3) is 0.333. The van der Waals surface area contributed by atoms with Crippen molar-refractivity contribution in [2.45, 2.75) is 19.8 Å². The summed E-state index contributed by atoms with van der Waals surface area (Å²) in [5.74, 6) is -0.299. The van der Waals surface area contributed by atoms with E-state index in [2.05, 4.69) is 11.4 Å². The maximum atomic E-state index is 10.5. The molecule has 0 saturated heterocycles. The van der Waals surface area contributed by atoms with Crippen molar-refractivity contribution in [3.63, 3.8) is 0 Å². The molecule has 16 heavy (non-hydrogen) atoms. The molecule has 0 atom stereocenters. The van der Waals surface area contributed by atoms with Gasteiger partial charge >= 0.3 is 0 Å². The minimum Gasteiger partial charge on any atom is -0.384 e. The summed E-state index contributed by atoms with van der Waals surface area (Å²) in [6.45, 7) is 2.58. The molecule has 4 nitrogen and oxygen atoms in total. The largest absolute Gasteiger partial charge is 0.384 e. The van der Waals surface area contributed by atoms with E-state index in [-0.39, 0.29) is 5.91 Å². The van der Waals surface area contributed by atoms with Crippen molar-refractivity contribution in [3.05, 3.63) is 29.3 Å². The molecule has 0 aliphatic carbocycles. The summed E-state index contributed by atoms with van der Waals surface area (Å²) in [5.41, 5.74) is 7.53. The van der Waals surface area contributed by atoms with Gasteiger partial charge in [-0.15, -0.1) is 0 Å². The number of nitrogens with one attached hydrogen (secondary N) is 1. The van der Waals surface area contributed by atoms with Gasteiger partial charge in [-0.3, -0.25) is 4.79 Å². The molecule has 0 fully saturated rings. The third-order valence-electron chi connectivity index (χ3n) is 2.29. The van der Waals surface area contributed by atoms with E-state index in [0.717, 1.165) is 11.3 Å². The summed E-state index contributed by atoms with van der Waals surface area (Å²) in [5, 5.41) is 12.1. The lowest BCUT2D eigenvalue weighted by Crippen LogP contribution is -2.13. The first-order chi connectivity index (χ1) is 7.65. The molecule has 0 heterocycles. The summed E-state index contributed by atoms with van der Waals surface area (Å²) >= 11 is 0. The van der Waals surface area contributed by atoms with Crippen LogP contribution >= 0.6 is 0 Å². The quantitative estimate of drug-likeness (QED) is 0.734. The molecular formula is C12H15N3O. The molecule has 0 radical (unpaired) electrons. The highest BCUT2D eigenvalue weighted by molar-refractivity contribution is 5.73. The fourth-order valence-corrected chi connectivity index (χ4v) is 1.47. The van der Waals surface area contributed by atoms with Crippen LogP contribution < -0.4 is 11.1 Å². The van der Waals surface area contributed by atoms with Gasteiger partial charge in [-0.1, -0.05) is 12.1 Å². The minimum atomic E-state index is -0.299. The number of nitrogens with two attached hydrogens (primary N) is 1. The predicted octanol–water partition coefficient (Wildman–Crippen LogP) is 1.54. The van der Waals surface area contributed by atoms with E-state index >= 15 is 0 Å². The molecule has 0 bridgehead atoms. The summed E-state index contributed by atoms with van der Waals surface area (Å²) in [6.07, 6.45) is 1.04. The van der Waals surface area contributed by atoms with E-state index in [1.807, 2.05) is 19.1 Å². The molecule has 1 aromatic carbocycles. The lowest BCUT2D eigenvalue weighted by Gasteiger charge is -2.10. The van der Waals surface area contributed by atoms with Crippen molar-refractivity contribution in [1.82, 2.24) is 0 Å². The van der Waals surface area contributed by atoms with Crippen molar-refractivity contribution >= 4 is 11.6 Å². The number of benzene rings is 1. The van der Waals surface area contributed by atoms with Crippen molar-refractivity contribution in [2.75, 3.05) is 11.9 Å². The molecule has 0 aromatic heterocycles. The first-order valence-electron chi connectivity index (χ1n) is 5.17. The Morgan fingerprint density at radius 1 is 1.56 bits per heavy atom. The number of amides is 1. The van der Waals surface area contributed by atoms with Crippen LogP contribution in [-0.2, 0) is 4.79 Å². The molecule has 0 aliphatic heterocycles. The number of primary amides is 1. The normalized spacial score (nSPS) is 9.50. The number of hydrogen-bond acceptors (Lipinski definition) is 3. The Bertz CT molecular complexity index is 421. The Morgan fingerprint density at radius 3 is 2.94 bits per heavy atom. The van der Waals surface area contributed by atoms with Gasteiger partial charge in [-0.05, 0) is 25.0 Å². The third kappa shape index (κ3) is 3.28. The second kappa shape index (κ2) is 5.76. The third-order valence-corrected chi connectivity index (χ3v) is 2.29. The molecular weight excluding hydrogens is 202 g/mol. The Balaban J connectivity index is 2.60. The number of nitriles is 1. The van der Waals surface area contributed by atoms with E-state index in [0.29, 0.717) is 24.9 Å². The lowest BCUT2D eigenvalue weighted by atomic mass is 10.1. The summed E-state index contributed by atoms with van der Waals surface area (Å²) in [4.78, 5) is 10.5. The Morgan fingerprint density at radius 2 is 2.31 bits per heavy atom. The monoisotopic (exact) mass is 217 g/mol. The second-order valence-electron chi connectivity index (χ2n) is 3.61. The Hall–Kier alpha value is -2.02. The van der Waals surface area contributed by atoms with Crippen LogP contribution in [0.2, 0.25) is 0 Å². The molecule has 0 saturated carbocycles. The van der Waals surface area contributed by atoms with E-state index < -0.39 is 0 Å². The number of hydrogen-bond donors (Lipinski definition) is 2. The van der Waals surface area contributed by atoms with Gasteiger partial charge in [0.05, 0.1) is 11.3 Å². The molecule has 1 rings (SSSR count). The predicted molar refractivity (Wildman–Crippen MR) is 62.8 cm³/mol. The summed E-state index contributed by atoms with van der Waals surface area (Å²) in [7, 11) is 0. The molecule has 84 valence electrons. The minimum absolute atomic E-state index is 0.299. The average Bonchev–Trinajstić information content (AvgIpc) is 2.25. The standard InChI is InChI=1S/C12H15N3O/c1-9-4-2-5-10(8-13)12(9)15-7-3-6-11(14)16/h2,4-5,15H,3,6-7H2,1H3,(H2,14,16). The van der Waals surface area contributed by atoms with Crippen molar-refractivity contribution in [3.8, 4) is 6.07 Å². The van der Waals surface area contributed by atoms with Gasteiger partial charge in [0, 0.05) is 13.0 Å². The number of carbonyl (C=O) groups excluding carboxylic acids is 1. The molecule has 1 amide bonds. The van der Waals surface area contributed by atoms with Crippen molar-refractivity contribution in [1.29, 1.82) is 5.26 Å². The van der Waals surface area contributed by atoms with Gasteiger partial charge in [0.2, 0.25) is 5.91 Å². The van der Waals surface area contributed by atoms with Gasteiger partial charge in [-0.25, -0.2) is 0 Å². The van der Waals surface area contributed by atoms with Crippen LogP contribution in [-0.4, -0.2) is 12.5 Å². The number of carbonyl (C=O) groups is 1. The molecule has 0 spiro atoms. The van der Waals surface area contributed by atoms with Crippen LogP contribution in [0.15, 0.2) is 18.2 Å².